The summed E-state index contributed by atoms with van der Waals surface area (Å²) in [5.74, 6) is 0.0982. The first-order chi connectivity index (χ1) is 7.50. The number of aliphatic hydroxyl groups is 1. The highest BCUT2D eigenvalue weighted by molar-refractivity contribution is 5.79. The van der Waals surface area contributed by atoms with Gasteiger partial charge in [-0.2, -0.15) is 0 Å². The van der Waals surface area contributed by atoms with E-state index >= 15 is 0 Å². The minimum Gasteiger partial charge on any atom is -0.386 e. The second kappa shape index (κ2) is 5.64. The summed E-state index contributed by atoms with van der Waals surface area (Å²) in [7, 11) is 0. The number of amides is 1. The third-order valence-corrected chi connectivity index (χ3v) is 3.25. The molecule has 1 fully saturated rings. The van der Waals surface area contributed by atoms with Crippen molar-refractivity contribution in [2.24, 2.45) is 0 Å². The number of carbonyl (C=O) groups excluding carboxylic acids is 1. The van der Waals surface area contributed by atoms with Gasteiger partial charge in [-0.15, -0.1) is 0 Å². The molecule has 16 heavy (non-hydrogen) atoms. The summed E-state index contributed by atoms with van der Waals surface area (Å²) in [4.78, 5) is 13.4. The van der Waals surface area contributed by atoms with Gasteiger partial charge in [-0.1, -0.05) is 20.3 Å². The van der Waals surface area contributed by atoms with Crippen molar-refractivity contribution in [2.75, 3.05) is 19.6 Å². The molecular formula is C12H24N2O2. The lowest BCUT2D eigenvalue weighted by Crippen LogP contribution is -2.64. The number of hydrogen-bond donors (Lipinski definition) is 2. The van der Waals surface area contributed by atoms with E-state index in [0.29, 0.717) is 25.7 Å². The predicted molar refractivity (Wildman–Crippen MR) is 64.2 cm³/mol. The van der Waals surface area contributed by atoms with E-state index in [1.165, 1.54) is 0 Å². The predicted octanol–water partition coefficient (Wildman–Crippen LogP) is 0.748. The molecule has 0 bridgehead atoms. The molecule has 1 rings (SSSR count). The number of rotatable bonds is 6. The molecule has 94 valence electrons. The highest BCUT2D eigenvalue weighted by atomic mass is 16.3. The highest BCUT2D eigenvalue weighted by Crippen LogP contribution is 2.25. The summed E-state index contributed by atoms with van der Waals surface area (Å²) < 4.78 is 0. The minimum absolute atomic E-state index is 0.0982. The molecule has 0 aromatic rings. The van der Waals surface area contributed by atoms with Crippen LogP contribution in [0.5, 0.6) is 0 Å². The molecule has 1 saturated heterocycles. The lowest BCUT2D eigenvalue weighted by molar-refractivity contribution is -0.155. The number of carbonyl (C=O) groups is 1. The third kappa shape index (κ3) is 3.46. The average molecular weight is 228 g/mol. The summed E-state index contributed by atoms with van der Waals surface area (Å²) in [6.07, 6.45) is 2.77. The van der Waals surface area contributed by atoms with Crippen LogP contribution in [-0.2, 0) is 4.79 Å². The Kier molecular flexibility index (Phi) is 4.74. The van der Waals surface area contributed by atoms with Crippen molar-refractivity contribution < 1.29 is 9.90 Å². The van der Waals surface area contributed by atoms with Crippen LogP contribution in [0.3, 0.4) is 0 Å². The van der Waals surface area contributed by atoms with Gasteiger partial charge in [0.2, 0.25) is 5.91 Å². The minimum atomic E-state index is -0.610. The SMILES string of the molecule is CCCC1(O)CN(C(=O)CNC(C)CC)C1. The Morgan fingerprint density at radius 2 is 2.12 bits per heavy atom. The van der Waals surface area contributed by atoms with Crippen LogP contribution in [0.1, 0.15) is 40.0 Å². The summed E-state index contributed by atoms with van der Waals surface area (Å²) in [5.41, 5.74) is -0.610. The van der Waals surface area contributed by atoms with Gasteiger partial charge in [0.25, 0.3) is 0 Å². The molecule has 4 nitrogen and oxygen atoms in total. The van der Waals surface area contributed by atoms with Gasteiger partial charge in [0.15, 0.2) is 0 Å². The zero-order chi connectivity index (χ0) is 12.2. The molecule has 0 aromatic heterocycles. The Morgan fingerprint density at radius 3 is 2.62 bits per heavy atom. The number of likely N-dealkylation sites (tertiary alicyclic amines) is 1. The fourth-order valence-electron chi connectivity index (χ4n) is 1.98. The molecule has 4 heteroatoms. The normalized spacial score (nSPS) is 20.4. The van der Waals surface area contributed by atoms with Crippen LogP contribution in [-0.4, -0.2) is 47.2 Å². The van der Waals surface area contributed by atoms with Crippen LogP contribution in [0.2, 0.25) is 0 Å². The van der Waals surface area contributed by atoms with E-state index in [1.54, 1.807) is 4.90 Å². The Hall–Kier alpha value is -0.610. The molecule has 2 N–H and O–H groups in total. The largest absolute Gasteiger partial charge is 0.386 e. The third-order valence-electron chi connectivity index (χ3n) is 3.25. The number of β-amino-alcohol motifs (C(OH)–C–C–N with tert-alkyl or cyclic N) is 1. The Bertz CT molecular complexity index is 237. The average Bonchev–Trinajstić information content (AvgIpc) is 2.22. The van der Waals surface area contributed by atoms with Crippen LogP contribution >= 0.6 is 0 Å². The van der Waals surface area contributed by atoms with Crippen molar-refractivity contribution in [3.05, 3.63) is 0 Å². The van der Waals surface area contributed by atoms with E-state index in [4.69, 9.17) is 0 Å². The number of nitrogens with one attached hydrogen (secondary N) is 1. The molecule has 0 aliphatic carbocycles. The molecule has 0 radical (unpaired) electrons. The molecule has 0 saturated carbocycles. The van der Waals surface area contributed by atoms with E-state index in [0.717, 1.165) is 19.3 Å². The zero-order valence-corrected chi connectivity index (χ0v) is 10.6. The molecule has 1 heterocycles. The van der Waals surface area contributed by atoms with E-state index in [9.17, 15) is 9.90 Å². The lowest BCUT2D eigenvalue weighted by atomic mass is 9.89. The fourth-order valence-corrected chi connectivity index (χ4v) is 1.98. The Morgan fingerprint density at radius 1 is 1.50 bits per heavy atom. The molecule has 1 aliphatic heterocycles. The molecule has 1 unspecified atom stereocenters. The van der Waals surface area contributed by atoms with Gasteiger partial charge in [-0.25, -0.2) is 0 Å². The van der Waals surface area contributed by atoms with Crippen molar-refractivity contribution in [1.82, 2.24) is 10.2 Å². The molecular weight excluding hydrogens is 204 g/mol. The maximum absolute atomic E-state index is 11.7. The zero-order valence-electron chi connectivity index (χ0n) is 10.6. The second-order valence-corrected chi connectivity index (χ2v) is 4.91. The van der Waals surface area contributed by atoms with Crippen LogP contribution in [0.15, 0.2) is 0 Å². The second-order valence-electron chi connectivity index (χ2n) is 4.91. The van der Waals surface area contributed by atoms with Crippen molar-refractivity contribution in [2.45, 2.75) is 51.7 Å². The number of hydrogen-bond acceptors (Lipinski definition) is 3. The van der Waals surface area contributed by atoms with Crippen LogP contribution in [0.25, 0.3) is 0 Å². The van der Waals surface area contributed by atoms with Gasteiger partial charge in [-0.05, 0) is 19.8 Å². The van der Waals surface area contributed by atoms with Gasteiger partial charge < -0.3 is 15.3 Å². The molecule has 0 aromatic carbocycles. The quantitative estimate of drug-likeness (QED) is 0.705. The van der Waals surface area contributed by atoms with Gasteiger partial charge in [-0.3, -0.25) is 4.79 Å². The van der Waals surface area contributed by atoms with Crippen LogP contribution in [0, 0.1) is 0 Å². The van der Waals surface area contributed by atoms with E-state index in [2.05, 4.69) is 19.2 Å². The molecule has 0 spiro atoms. The first kappa shape index (κ1) is 13.5. The molecule has 1 amide bonds. The molecule has 1 atom stereocenters. The van der Waals surface area contributed by atoms with E-state index < -0.39 is 5.60 Å². The first-order valence-electron chi connectivity index (χ1n) is 6.24. The smallest absolute Gasteiger partial charge is 0.236 e. The van der Waals surface area contributed by atoms with E-state index in [-0.39, 0.29) is 5.91 Å². The van der Waals surface area contributed by atoms with Crippen molar-refractivity contribution in [3.63, 3.8) is 0 Å². The highest BCUT2D eigenvalue weighted by Gasteiger charge is 2.42. The van der Waals surface area contributed by atoms with Crippen molar-refractivity contribution in [3.8, 4) is 0 Å². The Balaban J connectivity index is 2.21. The van der Waals surface area contributed by atoms with Gasteiger partial charge >= 0.3 is 0 Å². The Labute approximate surface area is 98.0 Å². The lowest BCUT2D eigenvalue weighted by Gasteiger charge is -2.46. The van der Waals surface area contributed by atoms with Crippen LogP contribution < -0.4 is 5.32 Å². The summed E-state index contributed by atoms with van der Waals surface area (Å²) in [5, 5.41) is 13.1. The summed E-state index contributed by atoms with van der Waals surface area (Å²) in [6.45, 7) is 7.59. The van der Waals surface area contributed by atoms with Gasteiger partial charge in [0, 0.05) is 6.04 Å². The first-order valence-corrected chi connectivity index (χ1v) is 6.24. The maximum Gasteiger partial charge on any atom is 0.236 e. The fraction of sp³-hybridized carbons (Fsp3) is 0.917. The standard InChI is InChI=1S/C12H24N2O2/c1-4-6-12(16)8-14(9-12)11(15)7-13-10(3)5-2/h10,13,16H,4-9H2,1-3H3. The van der Waals surface area contributed by atoms with Gasteiger partial charge in [0.1, 0.15) is 0 Å². The summed E-state index contributed by atoms with van der Waals surface area (Å²) in [6, 6.07) is 0.375. The molecule has 1 aliphatic rings. The number of nitrogens with zero attached hydrogens (tertiary/aromatic N) is 1. The van der Waals surface area contributed by atoms with Gasteiger partial charge in [0.05, 0.1) is 25.2 Å². The monoisotopic (exact) mass is 228 g/mol. The maximum atomic E-state index is 11.7. The van der Waals surface area contributed by atoms with Crippen LogP contribution in [0.4, 0.5) is 0 Å². The summed E-state index contributed by atoms with van der Waals surface area (Å²) >= 11 is 0. The van der Waals surface area contributed by atoms with Crippen molar-refractivity contribution >= 4 is 5.91 Å². The topological polar surface area (TPSA) is 52.6 Å². The van der Waals surface area contributed by atoms with E-state index in [1.807, 2.05) is 6.92 Å². The van der Waals surface area contributed by atoms with Crippen molar-refractivity contribution in [1.29, 1.82) is 0 Å².